The standard InChI is InChI=1S/C12H15Cl/c1-2-11-7-3-4-8-12(11)9-5-6-10-13/h2-4,7-8H,1,5-6,9-10H2. The van der Waals surface area contributed by atoms with E-state index in [2.05, 4.69) is 24.8 Å². The Hall–Kier alpha value is -0.750. The van der Waals surface area contributed by atoms with Gasteiger partial charge in [0, 0.05) is 5.88 Å². The molecule has 0 bridgehead atoms. The van der Waals surface area contributed by atoms with Crippen LogP contribution in [0.4, 0.5) is 0 Å². The molecule has 0 atom stereocenters. The Morgan fingerprint density at radius 2 is 2.00 bits per heavy atom. The summed E-state index contributed by atoms with van der Waals surface area (Å²) in [6.07, 6.45) is 5.27. The van der Waals surface area contributed by atoms with Crippen molar-refractivity contribution in [3.63, 3.8) is 0 Å². The van der Waals surface area contributed by atoms with Gasteiger partial charge in [0.2, 0.25) is 0 Å². The highest BCUT2D eigenvalue weighted by molar-refractivity contribution is 6.17. The van der Waals surface area contributed by atoms with Gasteiger partial charge in [-0.1, -0.05) is 36.9 Å². The summed E-state index contributed by atoms with van der Waals surface area (Å²) < 4.78 is 0. The Balaban J connectivity index is 2.59. The molecule has 1 aromatic carbocycles. The molecular formula is C12H15Cl. The molecule has 0 aliphatic rings. The van der Waals surface area contributed by atoms with Gasteiger partial charge in [0.05, 0.1) is 0 Å². The number of benzene rings is 1. The fraction of sp³-hybridized carbons (Fsp3) is 0.333. The minimum absolute atomic E-state index is 0.760. The second-order valence-electron chi connectivity index (χ2n) is 3.05. The van der Waals surface area contributed by atoms with E-state index in [4.69, 9.17) is 11.6 Å². The van der Waals surface area contributed by atoms with Crippen molar-refractivity contribution in [2.24, 2.45) is 0 Å². The zero-order valence-electron chi connectivity index (χ0n) is 7.80. The molecule has 0 spiro atoms. The van der Waals surface area contributed by atoms with Gasteiger partial charge in [0.25, 0.3) is 0 Å². The van der Waals surface area contributed by atoms with Crippen LogP contribution in [0, 0.1) is 0 Å². The second-order valence-corrected chi connectivity index (χ2v) is 3.43. The normalized spacial score (nSPS) is 9.92. The number of rotatable bonds is 5. The first-order chi connectivity index (χ1) is 6.38. The first-order valence-corrected chi connectivity index (χ1v) is 5.18. The van der Waals surface area contributed by atoms with Gasteiger partial charge in [0.15, 0.2) is 0 Å². The van der Waals surface area contributed by atoms with Gasteiger partial charge >= 0.3 is 0 Å². The van der Waals surface area contributed by atoms with Crippen molar-refractivity contribution in [3.05, 3.63) is 42.0 Å². The molecule has 0 aliphatic heterocycles. The van der Waals surface area contributed by atoms with Crippen molar-refractivity contribution < 1.29 is 0 Å². The summed E-state index contributed by atoms with van der Waals surface area (Å²) in [6.45, 7) is 3.79. The molecule has 1 rings (SSSR count). The quantitative estimate of drug-likeness (QED) is 0.493. The molecule has 1 aromatic rings. The molecule has 0 saturated heterocycles. The summed E-state index contributed by atoms with van der Waals surface area (Å²) >= 11 is 5.62. The highest BCUT2D eigenvalue weighted by Crippen LogP contribution is 2.13. The maximum atomic E-state index is 5.62. The van der Waals surface area contributed by atoms with E-state index < -0.39 is 0 Å². The maximum absolute atomic E-state index is 5.62. The SMILES string of the molecule is C=Cc1ccccc1CCCCCl. The lowest BCUT2D eigenvalue weighted by Crippen LogP contribution is -1.89. The highest BCUT2D eigenvalue weighted by Gasteiger charge is 1.96. The van der Waals surface area contributed by atoms with Crippen molar-refractivity contribution in [3.8, 4) is 0 Å². The third-order valence-electron chi connectivity index (χ3n) is 2.10. The van der Waals surface area contributed by atoms with Crippen LogP contribution in [0.15, 0.2) is 30.8 Å². The molecule has 0 aromatic heterocycles. The van der Waals surface area contributed by atoms with Crippen LogP contribution in [0.25, 0.3) is 6.08 Å². The van der Waals surface area contributed by atoms with E-state index in [0.717, 1.165) is 25.1 Å². The molecule has 0 aliphatic carbocycles. The van der Waals surface area contributed by atoms with Crippen molar-refractivity contribution >= 4 is 17.7 Å². The molecule has 0 radical (unpaired) electrons. The van der Waals surface area contributed by atoms with E-state index in [9.17, 15) is 0 Å². The molecule has 0 amide bonds. The van der Waals surface area contributed by atoms with Gasteiger partial charge in [-0.15, -0.1) is 11.6 Å². The Labute approximate surface area is 85.2 Å². The lowest BCUT2D eigenvalue weighted by atomic mass is 10.0. The predicted molar refractivity (Wildman–Crippen MR) is 60.2 cm³/mol. The Bertz CT molecular complexity index is 266. The Morgan fingerprint density at radius 1 is 1.23 bits per heavy atom. The fourth-order valence-corrected chi connectivity index (χ4v) is 1.56. The van der Waals surface area contributed by atoms with Gasteiger partial charge in [-0.2, -0.15) is 0 Å². The van der Waals surface area contributed by atoms with E-state index in [1.54, 1.807) is 0 Å². The van der Waals surface area contributed by atoms with Crippen LogP contribution in [-0.2, 0) is 6.42 Å². The number of aryl methyl sites for hydroxylation is 1. The first-order valence-electron chi connectivity index (χ1n) is 4.65. The summed E-state index contributed by atoms with van der Waals surface area (Å²) in [7, 11) is 0. The Morgan fingerprint density at radius 3 is 2.69 bits per heavy atom. The molecule has 0 nitrogen and oxygen atoms in total. The van der Waals surface area contributed by atoms with Crippen LogP contribution in [0.1, 0.15) is 24.0 Å². The topological polar surface area (TPSA) is 0 Å². The first kappa shape index (κ1) is 10.3. The summed E-state index contributed by atoms with van der Waals surface area (Å²) in [5.41, 5.74) is 2.62. The van der Waals surface area contributed by atoms with Crippen LogP contribution in [0.5, 0.6) is 0 Å². The summed E-state index contributed by atoms with van der Waals surface area (Å²) in [5.74, 6) is 0.760. The number of alkyl halides is 1. The van der Waals surface area contributed by atoms with E-state index in [0.29, 0.717) is 0 Å². The van der Waals surface area contributed by atoms with Crippen LogP contribution >= 0.6 is 11.6 Å². The van der Waals surface area contributed by atoms with Crippen LogP contribution < -0.4 is 0 Å². The number of unbranched alkanes of at least 4 members (excludes halogenated alkanes) is 1. The molecule has 70 valence electrons. The van der Waals surface area contributed by atoms with Gasteiger partial charge in [0.1, 0.15) is 0 Å². The minimum Gasteiger partial charge on any atom is -0.127 e. The summed E-state index contributed by atoms with van der Waals surface area (Å²) in [4.78, 5) is 0. The van der Waals surface area contributed by atoms with Crippen LogP contribution in [0.2, 0.25) is 0 Å². The molecule has 13 heavy (non-hydrogen) atoms. The minimum atomic E-state index is 0.760. The zero-order chi connectivity index (χ0) is 9.52. The van der Waals surface area contributed by atoms with Crippen molar-refractivity contribution in [1.29, 1.82) is 0 Å². The van der Waals surface area contributed by atoms with Crippen LogP contribution in [0.3, 0.4) is 0 Å². The third kappa shape index (κ3) is 3.23. The van der Waals surface area contributed by atoms with Crippen molar-refractivity contribution in [2.45, 2.75) is 19.3 Å². The molecular weight excluding hydrogens is 180 g/mol. The lowest BCUT2D eigenvalue weighted by molar-refractivity contribution is 0.799. The van der Waals surface area contributed by atoms with Gasteiger partial charge in [-0.3, -0.25) is 0 Å². The average Bonchev–Trinajstić information content (AvgIpc) is 2.19. The number of hydrogen-bond donors (Lipinski definition) is 0. The fourth-order valence-electron chi connectivity index (χ4n) is 1.37. The van der Waals surface area contributed by atoms with Crippen molar-refractivity contribution in [1.82, 2.24) is 0 Å². The second kappa shape index (κ2) is 5.82. The summed E-state index contributed by atoms with van der Waals surface area (Å²) in [6, 6.07) is 8.37. The largest absolute Gasteiger partial charge is 0.127 e. The van der Waals surface area contributed by atoms with Gasteiger partial charge < -0.3 is 0 Å². The smallest absolute Gasteiger partial charge is 0.0223 e. The molecule has 0 N–H and O–H groups in total. The van der Waals surface area contributed by atoms with Gasteiger partial charge in [-0.25, -0.2) is 0 Å². The number of hydrogen-bond acceptors (Lipinski definition) is 0. The average molecular weight is 195 g/mol. The molecule has 0 heterocycles. The monoisotopic (exact) mass is 194 g/mol. The van der Waals surface area contributed by atoms with Crippen LogP contribution in [-0.4, -0.2) is 5.88 Å². The van der Waals surface area contributed by atoms with Gasteiger partial charge in [-0.05, 0) is 30.4 Å². The number of halogens is 1. The molecule has 0 unspecified atom stereocenters. The molecule has 0 fully saturated rings. The maximum Gasteiger partial charge on any atom is 0.0223 e. The van der Waals surface area contributed by atoms with E-state index in [1.807, 2.05) is 12.1 Å². The van der Waals surface area contributed by atoms with E-state index in [-0.39, 0.29) is 0 Å². The zero-order valence-corrected chi connectivity index (χ0v) is 8.56. The van der Waals surface area contributed by atoms with Crippen molar-refractivity contribution in [2.75, 3.05) is 5.88 Å². The predicted octanol–water partition coefficient (Wildman–Crippen LogP) is 3.89. The summed E-state index contributed by atoms with van der Waals surface area (Å²) in [5, 5.41) is 0. The third-order valence-corrected chi connectivity index (χ3v) is 2.37. The van der Waals surface area contributed by atoms with E-state index in [1.165, 1.54) is 11.1 Å². The molecule has 0 saturated carbocycles. The lowest BCUT2D eigenvalue weighted by Gasteiger charge is -2.04. The van der Waals surface area contributed by atoms with E-state index >= 15 is 0 Å². The Kier molecular flexibility index (Phi) is 4.63. The molecule has 1 heteroatoms. The highest BCUT2D eigenvalue weighted by atomic mass is 35.5.